The second kappa shape index (κ2) is 20.3. The van der Waals surface area contributed by atoms with Gasteiger partial charge in [0.15, 0.2) is 5.96 Å². The molecule has 298 valence electrons. The number of amides is 5. The maximum Gasteiger partial charge on any atom is 0.326 e. The minimum atomic E-state index is -1.26. The fraction of sp³-hybridized carbons (Fsp3) is 0.525. The summed E-state index contributed by atoms with van der Waals surface area (Å²) in [5, 5.41) is 21.2. The molecule has 0 unspecified atom stereocenters. The van der Waals surface area contributed by atoms with E-state index in [1.165, 1.54) is 11.8 Å². The van der Waals surface area contributed by atoms with Crippen LogP contribution in [0.15, 0.2) is 59.6 Å². The third kappa shape index (κ3) is 12.3. The van der Waals surface area contributed by atoms with Crippen molar-refractivity contribution in [3.63, 3.8) is 0 Å². The number of carboxylic acids is 1. The first kappa shape index (κ1) is 42.3. The van der Waals surface area contributed by atoms with Gasteiger partial charge < -0.3 is 42.7 Å². The Labute approximate surface area is 322 Å². The summed E-state index contributed by atoms with van der Waals surface area (Å²) in [5.74, 6) is -4.44. The van der Waals surface area contributed by atoms with E-state index in [0.717, 1.165) is 36.0 Å². The van der Waals surface area contributed by atoms with Crippen molar-refractivity contribution in [2.75, 3.05) is 6.54 Å². The Morgan fingerprint density at radius 3 is 2.11 bits per heavy atom. The van der Waals surface area contributed by atoms with Crippen LogP contribution in [0.1, 0.15) is 82.4 Å². The van der Waals surface area contributed by atoms with E-state index in [9.17, 15) is 33.9 Å². The summed E-state index contributed by atoms with van der Waals surface area (Å²) in [6.07, 6.45) is 4.68. The van der Waals surface area contributed by atoms with Crippen LogP contribution in [0.3, 0.4) is 0 Å². The molecule has 1 aliphatic carbocycles. The number of nitrogens with two attached hydrogens (primary N) is 2. The summed E-state index contributed by atoms with van der Waals surface area (Å²) in [6, 6.07) is 11.0. The summed E-state index contributed by atoms with van der Waals surface area (Å²) in [6.45, 7) is 5.13. The second-order valence-electron chi connectivity index (χ2n) is 14.9. The van der Waals surface area contributed by atoms with Crippen LogP contribution in [-0.2, 0) is 48.2 Å². The number of fused-ring (bicyclic) bond motifs is 1. The molecule has 55 heavy (non-hydrogen) atoms. The fourth-order valence-electron chi connectivity index (χ4n) is 7.39. The zero-order valence-electron chi connectivity index (χ0n) is 32.0. The third-order valence-electron chi connectivity index (χ3n) is 10.3. The van der Waals surface area contributed by atoms with Crippen molar-refractivity contribution < 1.29 is 33.9 Å². The van der Waals surface area contributed by atoms with E-state index in [2.05, 4.69) is 26.3 Å². The zero-order chi connectivity index (χ0) is 40.1. The number of carbonyl (C=O) groups excluding carboxylic acids is 5. The second-order valence-corrected chi connectivity index (χ2v) is 14.9. The van der Waals surface area contributed by atoms with Gasteiger partial charge in [-0.2, -0.15) is 0 Å². The Morgan fingerprint density at radius 2 is 1.49 bits per heavy atom. The number of guanidine groups is 1. The molecule has 0 spiro atoms. The maximum absolute atomic E-state index is 14.7. The molecule has 5 atom stereocenters. The minimum absolute atomic E-state index is 0.0382. The Kier molecular flexibility index (Phi) is 15.6. The van der Waals surface area contributed by atoms with Gasteiger partial charge in [0.05, 0.1) is 0 Å². The van der Waals surface area contributed by atoms with Crippen molar-refractivity contribution in [3.8, 4) is 0 Å². The first-order valence-electron chi connectivity index (χ1n) is 19.1. The van der Waals surface area contributed by atoms with Gasteiger partial charge in [-0.3, -0.25) is 29.0 Å². The van der Waals surface area contributed by atoms with Crippen LogP contribution in [0.5, 0.6) is 0 Å². The van der Waals surface area contributed by atoms with Crippen LogP contribution in [0, 0.1) is 11.8 Å². The average Bonchev–Trinajstić information content (AvgIpc) is 3.16. The number of nitrogens with zero attached hydrogens (tertiary/aromatic N) is 2. The first-order valence-corrected chi connectivity index (χ1v) is 19.1. The number of hydrogen-bond donors (Lipinski definition) is 7. The molecule has 2 aliphatic rings. The summed E-state index contributed by atoms with van der Waals surface area (Å²) in [5.41, 5.74) is 13.5. The summed E-state index contributed by atoms with van der Waals surface area (Å²) in [7, 11) is 0. The molecule has 1 saturated carbocycles. The van der Waals surface area contributed by atoms with Crippen LogP contribution in [-0.4, -0.2) is 88.2 Å². The maximum atomic E-state index is 14.7. The van der Waals surface area contributed by atoms with Crippen LogP contribution in [0.2, 0.25) is 0 Å². The normalized spacial score (nSPS) is 17.7. The van der Waals surface area contributed by atoms with Crippen molar-refractivity contribution in [1.29, 1.82) is 0 Å². The Morgan fingerprint density at radius 1 is 0.836 bits per heavy atom. The van der Waals surface area contributed by atoms with Gasteiger partial charge in [-0.1, -0.05) is 87.7 Å². The van der Waals surface area contributed by atoms with Gasteiger partial charge in [-0.15, -0.1) is 0 Å². The molecular weight excluding hydrogens is 704 g/mol. The fourth-order valence-corrected chi connectivity index (χ4v) is 7.39. The summed E-state index contributed by atoms with van der Waals surface area (Å²) < 4.78 is 0. The summed E-state index contributed by atoms with van der Waals surface area (Å²) >= 11 is 0. The summed E-state index contributed by atoms with van der Waals surface area (Å²) in [4.78, 5) is 86.5. The lowest BCUT2D eigenvalue weighted by Crippen LogP contribution is -2.62. The highest BCUT2D eigenvalue weighted by Crippen LogP contribution is 2.28. The number of nitrogens with one attached hydrogen (secondary N) is 4. The quantitative estimate of drug-likeness (QED) is 0.0702. The minimum Gasteiger partial charge on any atom is -0.480 e. The highest BCUT2D eigenvalue weighted by atomic mass is 16.4. The van der Waals surface area contributed by atoms with Crippen molar-refractivity contribution in [1.82, 2.24) is 26.2 Å². The van der Waals surface area contributed by atoms with Crippen molar-refractivity contribution in [2.45, 2.75) is 115 Å². The van der Waals surface area contributed by atoms with Crippen molar-refractivity contribution >= 4 is 41.5 Å². The number of aliphatic carboxylic acids is 1. The van der Waals surface area contributed by atoms with Crippen molar-refractivity contribution in [3.05, 3.63) is 71.3 Å². The number of aliphatic imine (C=N–C) groups is 1. The van der Waals surface area contributed by atoms with E-state index in [4.69, 9.17) is 11.5 Å². The van der Waals surface area contributed by atoms with Gasteiger partial charge >= 0.3 is 5.97 Å². The lowest BCUT2D eigenvalue weighted by atomic mass is 9.83. The number of rotatable bonds is 17. The van der Waals surface area contributed by atoms with E-state index in [0.29, 0.717) is 19.3 Å². The molecule has 1 heterocycles. The van der Waals surface area contributed by atoms with Crippen LogP contribution >= 0.6 is 0 Å². The lowest BCUT2D eigenvalue weighted by Gasteiger charge is -2.39. The van der Waals surface area contributed by atoms with Crippen LogP contribution in [0.4, 0.5) is 0 Å². The smallest absolute Gasteiger partial charge is 0.326 e. The molecular formula is C40H56N8O7. The topological polar surface area (TPSA) is 238 Å². The standard InChI is InChI=1S/C40H56N8O7/c1-24(2)33(44-25(3)49)36(51)47-34(27-15-8-5-9-16-27)37(52)45-30(19-12-20-43-40(41)42)38(53)48-23-29-18-11-10-17-28(29)22-32(48)35(50)46-31(39(54)55)21-26-13-6-4-7-14-26/h4,6-7,10-11,13-14,17-18,24,27,30-34H,5,8-9,12,15-16,19-23H2,1-3H3,(H,44,49)(H,45,52)(H,46,50)(H,47,51)(H,54,55)(H4,41,42,43)/t30-,31-,32-,33-,34-/m0/s1. The molecule has 0 aromatic heterocycles. The predicted molar refractivity (Wildman–Crippen MR) is 207 cm³/mol. The number of benzene rings is 2. The monoisotopic (exact) mass is 760 g/mol. The van der Waals surface area contributed by atoms with Crippen LogP contribution in [0.25, 0.3) is 0 Å². The van der Waals surface area contributed by atoms with Gasteiger partial charge in [0.2, 0.25) is 29.5 Å². The molecule has 15 nitrogen and oxygen atoms in total. The van der Waals surface area contributed by atoms with E-state index in [1.807, 2.05) is 30.3 Å². The molecule has 9 N–H and O–H groups in total. The first-order chi connectivity index (χ1) is 26.2. The molecule has 2 aromatic carbocycles. The predicted octanol–water partition coefficient (Wildman–Crippen LogP) is 1.52. The number of hydrogen-bond acceptors (Lipinski definition) is 7. The Hall–Kier alpha value is -5.47. The Balaban J connectivity index is 1.65. The molecule has 0 radical (unpaired) electrons. The van der Waals surface area contributed by atoms with Gasteiger partial charge in [-0.05, 0) is 54.2 Å². The number of carbonyl (C=O) groups is 6. The van der Waals surface area contributed by atoms with Gasteiger partial charge in [0.25, 0.3) is 0 Å². The van der Waals surface area contributed by atoms with Gasteiger partial charge in [0, 0.05) is 32.9 Å². The molecule has 1 fully saturated rings. The highest BCUT2D eigenvalue weighted by Gasteiger charge is 2.41. The molecule has 5 amide bonds. The van der Waals surface area contributed by atoms with E-state index < -0.39 is 59.8 Å². The van der Waals surface area contributed by atoms with E-state index in [-0.39, 0.29) is 56.1 Å². The number of carboxylic acid groups (broad SMARTS) is 1. The lowest BCUT2D eigenvalue weighted by molar-refractivity contribution is -0.147. The molecule has 0 bridgehead atoms. The van der Waals surface area contributed by atoms with Gasteiger partial charge in [-0.25, -0.2) is 4.79 Å². The van der Waals surface area contributed by atoms with Crippen molar-refractivity contribution in [2.24, 2.45) is 28.3 Å². The average molecular weight is 761 g/mol. The Bertz CT molecular complexity index is 1690. The third-order valence-corrected chi connectivity index (χ3v) is 10.3. The van der Waals surface area contributed by atoms with E-state index in [1.54, 1.807) is 38.1 Å². The SMILES string of the molecule is CC(=O)N[C@H](C(=O)N[C@H](C(=O)N[C@@H](CCCN=C(N)N)C(=O)N1Cc2ccccc2C[C@H]1C(=O)N[C@@H](Cc1ccccc1)C(=O)O)C1CCCCC1)C(C)C. The molecule has 1 aliphatic heterocycles. The van der Waals surface area contributed by atoms with E-state index >= 15 is 0 Å². The molecule has 15 heteroatoms. The largest absolute Gasteiger partial charge is 0.480 e. The van der Waals surface area contributed by atoms with Crippen LogP contribution < -0.4 is 32.7 Å². The molecule has 0 saturated heterocycles. The highest BCUT2D eigenvalue weighted by molar-refractivity contribution is 5.96. The molecule has 4 rings (SSSR count). The van der Waals surface area contributed by atoms with Gasteiger partial charge in [0.1, 0.15) is 30.2 Å². The molecule has 2 aromatic rings. The zero-order valence-corrected chi connectivity index (χ0v) is 32.0.